The Morgan fingerprint density at radius 2 is 2.42 bits per heavy atom. The first-order valence-electron chi connectivity index (χ1n) is 3.62. The first-order valence-corrected chi connectivity index (χ1v) is 4.88. The molecule has 0 spiro atoms. The van der Waals surface area contributed by atoms with E-state index in [1.165, 1.54) is 11.3 Å². The van der Waals surface area contributed by atoms with Gasteiger partial charge in [0.2, 0.25) is 0 Å². The fourth-order valence-electron chi connectivity index (χ4n) is 0.846. The van der Waals surface area contributed by atoms with Gasteiger partial charge in [0.15, 0.2) is 5.78 Å². The van der Waals surface area contributed by atoms with Crippen molar-refractivity contribution >= 4 is 28.7 Å². The lowest BCUT2D eigenvalue weighted by molar-refractivity contribution is 0.0975. The van der Waals surface area contributed by atoms with Crippen molar-refractivity contribution in [3.05, 3.63) is 21.3 Å². The van der Waals surface area contributed by atoms with Gasteiger partial charge in [-0.3, -0.25) is 4.79 Å². The highest BCUT2D eigenvalue weighted by Gasteiger charge is 2.10. The molecule has 0 fully saturated rings. The Morgan fingerprint density at radius 3 is 2.92 bits per heavy atom. The molecule has 0 saturated carbocycles. The van der Waals surface area contributed by atoms with E-state index in [4.69, 9.17) is 16.7 Å². The molecule has 0 unspecified atom stereocenters. The van der Waals surface area contributed by atoms with Crippen molar-refractivity contribution in [1.29, 1.82) is 0 Å². The summed E-state index contributed by atoms with van der Waals surface area (Å²) in [5.41, 5.74) is 0. The number of carbonyl (C=O) groups excluding carboxylic acids is 1. The van der Waals surface area contributed by atoms with E-state index >= 15 is 0 Å². The molecule has 1 aromatic rings. The van der Waals surface area contributed by atoms with Gasteiger partial charge in [-0.05, 0) is 17.9 Å². The van der Waals surface area contributed by atoms with Crippen LogP contribution in [0.3, 0.4) is 0 Å². The quantitative estimate of drug-likeness (QED) is 0.765. The zero-order valence-corrected chi connectivity index (χ0v) is 7.99. The van der Waals surface area contributed by atoms with E-state index in [1.807, 2.05) is 0 Å². The largest absolute Gasteiger partial charge is 0.396 e. The monoisotopic (exact) mass is 204 g/mol. The van der Waals surface area contributed by atoms with Crippen LogP contribution in [0.4, 0.5) is 0 Å². The summed E-state index contributed by atoms with van der Waals surface area (Å²) in [6, 6.07) is 1.71. The fraction of sp³-hybridized carbons (Fsp3) is 0.375. The number of ketones is 1. The SMILES string of the molecule is O=C(CCCO)c1sccc1Cl. The summed E-state index contributed by atoms with van der Waals surface area (Å²) >= 11 is 7.09. The van der Waals surface area contributed by atoms with E-state index in [1.54, 1.807) is 11.4 Å². The van der Waals surface area contributed by atoms with E-state index in [0.717, 1.165) is 0 Å². The van der Waals surface area contributed by atoms with Gasteiger partial charge in [-0.15, -0.1) is 11.3 Å². The number of carbonyl (C=O) groups is 1. The highest BCUT2D eigenvalue weighted by Crippen LogP contribution is 2.23. The molecule has 0 aliphatic heterocycles. The number of hydrogen-bond acceptors (Lipinski definition) is 3. The van der Waals surface area contributed by atoms with Crippen molar-refractivity contribution in [2.24, 2.45) is 0 Å². The molecule has 0 aliphatic carbocycles. The molecular formula is C8H9ClO2S. The second-order valence-corrected chi connectivity index (χ2v) is 3.67. The van der Waals surface area contributed by atoms with Crippen molar-refractivity contribution in [2.45, 2.75) is 12.8 Å². The summed E-state index contributed by atoms with van der Waals surface area (Å²) in [7, 11) is 0. The summed E-state index contributed by atoms with van der Waals surface area (Å²) in [5, 5.41) is 10.8. The number of aliphatic hydroxyl groups excluding tert-OH is 1. The molecule has 1 N–H and O–H groups in total. The summed E-state index contributed by atoms with van der Waals surface area (Å²) in [6.45, 7) is 0.0503. The molecule has 1 aromatic heterocycles. The predicted molar refractivity (Wildman–Crippen MR) is 50.0 cm³/mol. The lowest BCUT2D eigenvalue weighted by atomic mass is 10.2. The average molecular weight is 205 g/mol. The van der Waals surface area contributed by atoms with Crippen LogP contribution in [-0.4, -0.2) is 17.5 Å². The third-order valence-corrected chi connectivity index (χ3v) is 2.81. The van der Waals surface area contributed by atoms with Crippen LogP contribution in [0.5, 0.6) is 0 Å². The number of halogens is 1. The van der Waals surface area contributed by atoms with Crippen molar-refractivity contribution in [3.63, 3.8) is 0 Å². The number of Topliss-reactive ketones (excluding diaryl/α,β-unsaturated/α-hetero) is 1. The zero-order valence-electron chi connectivity index (χ0n) is 6.42. The minimum absolute atomic E-state index is 0.0176. The van der Waals surface area contributed by atoms with Crippen LogP contribution in [-0.2, 0) is 0 Å². The number of aliphatic hydroxyl groups is 1. The maximum atomic E-state index is 11.3. The van der Waals surface area contributed by atoms with E-state index in [2.05, 4.69) is 0 Å². The van der Waals surface area contributed by atoms with E-state index in [-0.39, 0.29) is 12.4 Å². The van der Waals surface area contributed by atoms with Crippen LogP contribution in [0, 0.1) is 0 Å². The lowest BCUT2D eigenvalue weighted by Gasteiger charge is -1.95. The highest BCUT2D eigenvalue weighted by atomic mass is 35.5. The van der Waals surface area contributed by atoms with Gasteiger partial charge in [0.1, 0.15) is 0 Å². The molecule has 66 valence electrons. The molecule has 12 heavy (non-hydrogen) atoms. The number of thiophene rings is 1. The molecule has 0 aromatic carbocycles. The highest BCUT2D eigenvalue weighted by molar-refractivity contribution is 7.12. The van der Waals surface area contributed by atoms with Crippen LogP contribution in [0.15, 0.2) is 11.4 Å². The van der Waals surface area contributed by atoms with Gasteiger partial charge in [-0.2, -0.15) is 0 Å². The molecule has 1 heterocycles. The Kier molecular flexibility index (Phi) is 3.72. The summed E-state index contributed by atoms with van der Waals surface area (Å²) < 4.78 is 0. The van der Waals surface area contributed by atoms with E-state index in [9.17, 15) is 4.79 Å². The van der Waals surface area contributed by atoms with Gasteiger partial charge in [-0.25, -0.2) is 0 Å². The van der Waals surface area contributed by atoms with Crippen molar-refractivity contribution in [2.75, 3.05) is 6.61 Å². The third-order valence-electron chi connectivity index (χ3n) is 1.43. The summed E-state index contributed by atoms with van der Waals surface area (Å²) in [6.07, 6.45) is 0.879. The average Bonchev–Trinajstić information content (AvgIpc) is 2.47. The molecular weight excluding hydrogens is 196 g/mol. The predicted octanol–water partition coefficient (Wildman–Crippen LogP) is 2.36. The first-order chi connectivity index (χ1) is 5.75. The minimum atomic E-state index is 0.0176. The maximum Gasteiger partial charge on any atom is 0.174 e. The van der Waals surface area contributed by atoms with Gasteiger partial charge >= 0.3 is 0 Å². The Hall–Kier alpha value is -0.380. The van der Waals surface area contributed by atoms with Gasteiger partial charge in [0, 0.05) is 13.0 Å². The van der Waals surface area contributed by atoms with Crippen LogP contribution in [0.2, 0.25) is 5.02 Å². The Labute approximate surface area is 79.8 Å². The van der Waals surface area contributed by atoms with Crippen molar-refractivity contribution < 1.29 is 9.90 Å². The zero-order chi connectivity index (χ0) is 8.97. The van der Waals surface area contributed by atoms with Crippen LogP contribution in [0.1, 0.15) is 22.5 Å². The van der Waals surface area contributed by atoms with Gasteiger partial charge in [-0.1, -0.05) is 11.6 Å². The first kappa shape index (κ1) is 9.71. The van der Waals surface area contributed by atoms with Crippen molar-refractivity contribution in [3.8, 4) is 0 Å². The van der Waals surface area contributed by atoms with E-state index < -0.39 is 0 Å². The fourth-order valence-corrected chi connectivity index (χ4v) is 1.98. The molecule has 0 bridgehead atoms. The third kappa shape index (κ3) is 2.30. The smallest absolute Gasteiger partial charge is 0.174 e. The molecule has 2 nitrogen and oxygen atoms in total. The number of hydrogen-bond donors (Lipinski definition) is 1. The standard InChI is InChI=1S/C8H9ClO2S/c9-6-3-5-12-8(6)7(11)2-1-4-10/h3,5,10H,1-2,4H2. The molecule has 4 heteroatoms. The summed E-state index contributed by atoms with van der Waals surface area (Å²) in [5.74, 6) is 0.0176. The van der Waals surface area contributed by atoms with Gasteiger partial charge in [0.05, 0.1) is 9.90 Å². The van der Waals surface area contributed by atoms with Crippen LogP contribution in [0.25, 0.3) is 0 Å². The molecule has 0 saturated heterocycles. The molecule has 0 atom stereocenters. The van der Waals surface area contributed by atoms with Crippen LogP contribution < -0.4 is 0 Å². The molecule has 1 rings (SSSR count). The van der Waals surface area contributed by atoms with Crippen molar-refractivity contribution in [1.82, 2.24) is 0 Å². The number of rotatable bonds is 4. The molecule has 0 aliphatic rings. The normalized spacial score (nSPS) is 10.2. The van der Waals surface area contributed by atoms with Crippen LogP contribution >= 0.6 is 22.9 Å². The second kappa shape index (κ2) is 4.60. The van der Waals surface area contributed by atoms with Gasteiger partial charge in [0.25, 0.3) is 0 Å². The summed E-state index contributed by atoms with van der Waals surface area (Å²) in [4.78, 5) is 11.9. The van der Waals surface area contributed by atoms with E-state index in [0.29, 0.717) is 22.7 Å². The minimum Gasteiger partial charge on any atom is -0.396 e. The Bertz CT molecular complexity index is 270. The Balaban J connectivity index is 2.59. The lowest BCUT2D eigenvalue weighted by Crippen LogP contribution is -1.97. The topological polar surface area (TPSA) is 37.3 Å². The Morgan fingerprint density at radius 1 is 1.67 bits per heavy atom. The maximum absolute atomic E-state index is 11.3. The second-order valence-electron chi connectivity index (χ2n) is 2.35. The molecule has 0 radical (unpaired) electrons. The van der Waals surface area contributed by atoms with Gasteiger partial charge < -0.3 is 5.11 Å². The molecule has 0 amide bonds.